The van der Waals surface area contributed by atoms with Crippen molar-refractivity contribution >= 4 is 22.5 Å². The highest BCUT2D eigenvalue weighted by atomic mass is 16.5. The van der Waals surface area contributed by atoms with Crippen molar-refractivity contribution < 1.29 is 14.3 Å². The fraction of sp³-hybridized carbons (Fsp3) is 0.333. The third-order valence-electron chi connectivity index (χ3n) is 6.00. The molecule has 1 aliphatic rings. The van der Waals surface area contributed by atoms with Crippen molar-refractivity contribution in [3.05, 3.63) is 64.4 Å². The number of likely N-dealkylation sites (N-methyl/N-ethyl adjacent to an activating group) is 1. The Balaban J connectivity index is 1.61. The van der Waals surface area contributed by atoms with Crippen LogP contribution < -0.4 is 19.8 Å². The molecule has 1 atom stereocenters. The lowest BCUT2D eigenvalue weighted by molar-refractivity contribution is 0.0716. The summed E-state index contributed by atoms with van der Waals surface area (Å²) in [4.78, 5) is 33.5. The van der Waals surface area contributed by atoms with Gasteiger partial charge in [-0.15, -0.1) is 0 Å². The summed E-state index contributed by atoms with van der Waals surface area (Å²) in [5.74, 6) is 0.687. The number of carbonyl (C=O) groups excluding carboxylic acids is 1. The lowest BCUT2D eigenvalue weighted by atomic mass is 10.0. The molecule has 1 aromatic heterocycles. The second-order valence-electron chi connectivity index (χ2n) is 7.78. The molecule has 7 heteroatoms. The normalized spacial score (nSPS) is 16.2. The number of benzene rings is 2. The van der Waals surface area contributed by atoms with Gasteiger partial charge < -0.3 is 24.3 Å². The number of aromatic amines is 1. The predicted octanol–water partition coefficient (Wildman–Crippen LogP) is 3.29. The summed E-state index contributed by atoms with van der Waals surface area (Å²) in [5, 5.41) is 0.395. The van der Waals surface area contributed by atoms with Crippen LogP contribution in [0.1, 0.15) is 23.2 Å². The Hall–Kier alpha value is -3.48. The minimum absolute atomic E-state index is 0.0296. The van der Waals surface area contributed by atoms with Crippen molar-refractivity contribution in [2.45, 2.75) is 18.9 Å². The van der Waals surface area contributed by atoms with Gasteiger partial charge >= 0.3 is 0 Å². The zero-order chi connectivity index (χ0) is 22.0. The van der Waals surface area contributed by atoms with E-state index in [0.29, 0.717) is 22.4 Å². The van der Waals surface area contributed by atoms with Crippen LogP contribution in [-0.4, -0.2) is 56.2 Å². The molecule has 162 valence electrons. The van der Waals surface area contributed by atoms with E-state index in [-0.39, 0.29) is 22.9 Å². The highest BCUT2D eigenvalue weighted by Gasteiger charge is 2.28. The third kappa shape index (κ3) is 3.95. The van der Waals surface area contributed by atoms with Crippen molar-refractivity contribution in [3.63, 3.8) is 0 Å². The number of pyridine rings is 1. The quantitative estimate of drug-likeness (QED) is 0.684. The first-order valence-electron chi connectivity index (χ1n) is 10.4. The number of H-pyrrole nitrogens is 1. The van der Waals surface area contributed by atoms with Gasteiger partial charge in [0.15, 0.2) is 11.5 Å². The Morgan fingerprint density at radius 1 is 1.13 bits per heavy atom. The van der Waals surface area contributed by atoms with E-state index in [2.05, 4.69) is 22.0 Å². The number of rotatable bonds is 5. The minimum atomic E-state index is -0.317. The van der Waals surface area contributed by atoms with Crippen LogP contribution in [0.25, 0.3) is 10.9 Å². The number of carbonyl (C=O) groups is 1. The second-order valence-corrected chi connectivity index (χ2v) is 7.78. The Morgan fingerprint density at radius 3 is 2.55 bits per heavy atom. The standard InChI is InChI=1S/C24H27N3O4/c1-26(17-10-7-11-27(15-17)16-8-5-4-6-9-16)24(29)19-14-25-20-13-22(31-3)21(30-2)12-18(20)23(19)28/h4-6,8-9,12-14,17H,7,10-11,15H2,1-3H3,(H,25,28). The molecular formula is C24H27N3O4. The molecule has 0 radical (unpaired) electrons. The first-order chi connectivity index (χ1) is 15.0. The summed E-state index contributed by atoms with van der Waals surface area (Å²) >= 11 is 0. The second kappa shape index (κ2) is 8.71. The van der Waals surface area contributed by atoms with E-state index in [1.54, 1.807) is 24.1 Å². The molecule has 1 fully saturated rings. The van der Waals surface area contributed by atoms with E-state index in [1.165, 1.54) is 20.4 Å². The van der Waals surface area contributed by atoms with Gasteiger partial charge in [0.1, 0.15) is 5.56 Å². The number of anilines is 1. The first-order valence-corrected chi connectivity index (χ1v) is 10.4. The minimum Gasteiger partial charge on any atom is -0.493 e. The zero-order valence-corrected chi connectivity index (χ0v) is 18.1. The van der Waals surface area contributed by atoms with Gasteiger partial charge in [0, 0.05) is 44.1 Å². The van der Waals surface area contributed by atoms with Crippen molar-refractivity contribution in [2.75, 3.05) is 39.3 Å². The number of piperidine rings is 1. The van der Waals surface area contributed by atoms with Gasteiger partial charge in [-0.1, -0.05) is 18.2 Å². The molecular weight excluding hydrogens is 394 g/mol. The van der Waals surface area contributed by atoms with Crippen molar-refractivity contribution in [2.24, 2.45) is 0 Å². The molecule has 1 unspecified atom stereocenters. The molecule has 1 aliphatic heterocycles. The molecule has 1 N–H and O–H groups in total. The van der Waals surface area contributed by atoms with Crippen LogP contribution in [0.3, 0.4) is 0 Å². The maximum absolute atomic E-state index is 13.3. The summed E-state index contributed by atoms with van der Waals surface area (Å²) < 4.78 is 10.6. The predicted molar refractivity (Wildman–Crippen MR) is 121 cm³/mol. The summed E-state index contributed by atoms with van der Waals surface area (Å²) in [6.45, 7) is 1.70. The molecule has 7 nitrogen and oxygen atoms in total. The number of amides is 1. The lowest BCUT2D eigenvalue weighted by Crippen LogP contribution is -2.49. The SMILES string of the molecule is COc1cc2[nH]cc(C(=O)N(C)C3CCCN(c4ccccc4)C3)c(=O)c2cc1OC. The number of aromatic nitrogens is 1. The fourth-order valence-electron chi connectivity index (χ4n) is 4.21. The van der Waals surface area contributed by atoms with E-state index in [0.717, 1.165) is 31.6 Å². The molecule has 0 spiro atoms. The number of hydrogen-bond donors (Lipinski definition) is 1. The molecule has 0 aliphatic carbocycles. The molecule has 1 saturated heterocycles. The largest absolute Gasteiger partial charge is 0.493 e. The molecule has 1 amide bonds. The Labute approximate surface area is 181 Å². The smallest absolute Gasteiger partial charge is 0.259 e. The summed E-state index contributed by atoms with van der Waals surface area (Å²) in [6, 6.07) is 13.5. The molecule has 3 aromatic rings. The van der Waals surface area contributed by atoms with Gasteiger partial charge in [-0.3, -0.25) is 9.59 Å². The number of ether oxygens (including phenoxy) is 2. The van der Waals surface area contributed by atoms with Gasteiger partial charge in [-0.2, -0.15) is 0 Å². The molecule has 4 rings (SSSR count). The zero-order valence-electron chi connectivity index (χ0n) is 18.1. The van der Waals surface area contributed by atoms with Crippen molar-refractivity contribution in [1.29, 1.82) is 0 Å². The van der Waals surface area contributed by atoms with E-state index in [1.807, 2.05) is 18.2 Å². The van der Waals surface area contributed by atoms with E-state index < -0.39 is 0 Å². The van der Waals surface area contributed by atoms with Crippen LogP contribution in [0.4, 0.5) is 5.69 Å². The lowest BCUT2D eigenvalue weighted by Gasteiger charge is -2.38. The number of hydrogen-bond acceptors (Lipinski definition) is 5. The molecule has 0 saturated carbocycles. The maximum Gasteiger partial charge on any atom is 0.259 e. The first kappa shape index (κ1) is 20.8. The van der Waals surface area contributed by atoms with Gasteiger partial charge in [0.05, 0.1) is 25.1 Å². The topological polar surface area (TPSA) is 74.9 Å². The Morgan fingerprint density at radius 2 is 1.84 bits per heavy atom. The van der Waals surface area contributed by atoms with Crippen LogP contribution in [0.15, 0.2) is 53.5 Å². The monoisotopic (exact) mass is 421 g/mol. The van der Waals surface area contributed by atoms with Gasteiger partial charge in [-0.25, -0.2) is 0 Å². The summed E-state index contributed by atoms with van der Waals surface area (Å²) in [5.41, 5.74) is 1.55. The Bertz CT molecular complexity index is 1140. The highest BCUT2D eigenvalue weighted by Crippen LogP contribution is 2.30. The van der Waals surface area contributed by atoms with Gasteiger partial charge in [0.25, 0.3) is 5.91 Å². The number of nitrogens with zero attached hydrogens (tertiary/aromatic N) is 2. The van der Waals surface area contributed by atoms with Crippen molar-refractivity contribution in [3.8, 4) is 11.5 Å². The average Bonchev–Trinajstić information content (AvgIpc) is 2.83. The van der Waals surface area contributed by atoms with Crippen LogP contribution in [0.2, 0.25) is 0 Å². The molecule has 2 heterocycles. The van der Waals surface area contributed by atoms with Crippen LogP contribution in [0, 0.1) is 0 Å². The molecule has 0 bridgehead atoms. The summed E-state index contributed by atoms with van der Waals surface area (Å²) in [6.07, 6.45) is 3.39. The van der Waals surface area contributed by atoms with E-state index in [9.17, 15) is 9.59 Å². The number of nitrogens with one attached hydrogen (secondary N) is 1. The van der Waals surface area contributed by atoms with Crippen LogP contribution in [0.5, 0.6) is 11.5 Å². The maximum atomic E-state index is 13.3. The van der Waals surface area contributed by atoms with Crippen LogP contribution in [-0.2, 0) is 0 Å². The Kier molecular flexibility index (Phi) is 5.84. The number of fused-ring (bicyclic) bond motifs is 1. The number of para-hydroxylation sites is 1. The van der Waals surface area contributed by atoms with E-state index >= 15 is 0 Å². The average molecular weight is 421 g/mol. The fourth-order valence-corrected chi connectivity index (χ4v) is 4.21. The molecule has 2 aromatic carbocycles. The molecule has 31 heavy (non-hydrogen) atoms. The summed E-state index contributed by atoms with van der Waals surface area (Å²) in [7, 11) is 4.83. The van der Waals surface area contributed by atoms with Gasteiger partial charge in [-0.05, 0) is 31.0 Å². The van der Waals surface area contributed by atoms with Crippen molar-refractivity contribution in [1.82, 2.24) is 9.88 Å². The van der Waals surface area contributed by atoms with E-state index in [4.69, 9.17) is 9.47 Å². The van der Waals surface area contributed by atoms with Gasteiger partial charge in [0.2, 0.25) is 5.43 Å². The number of methoxy groups -OCH3 is 2. The van der Waals surface area contributed by atoms with Crippen LogP contribution >= 0.6 is 0 Å². The third-order valence-corrected chi connectivity index (χ3v) is 6.00. The highest BCUT2D eigenvalue weighted by molar-refractivity contribution is 5.97.